The Morgan fingerprint density at radius 3 is 2.88 bits per heavy atom. The van der Waals surface area contributed by atoms with E-state index in [9.17, 15) is 4.39 Å². The number of benzene rings is 1. The van der Waals surface area contributed by atoms with Gasteiger partial charge in [0.05, 0.1) is 12.2 Å². The first kappa shape index (κ1) is 9.39. The fourth-order valence-corrected chi connectivity index (χ4v) is 1.81. The molecule has 0 radical (unpaired) electrons. The van der Waals surface area contributed by atoms with E-state index >= 15 is 0 Å². The van der Waals surface area contributed by atoms with Crippen LogP contribution < -0.4 is 5.73 Å². The third-order valence-corrected chi connectivity index (χ3v) is 2.85. The SMILES string of the molecule is Nc1cc(F)ccc1-c1cnn(C2CC2)c1. The highest BCUT2D eigenvalue weighted by atomic mass is 19.1. The van der Waals surface area contributed by atoms with Crippen LogP contribution in [0.4, 0.5) is 10.1 Å². The summed E-state index contributed by atoms with van der Waals surface area (Å²) >= 11 is 0. The van der Waals surface area contributed by atoms with Crippen LogP contribution in [0.1, 0.15) is 18.9 Å². The lowest BCUT2D eigenvalue weighted by molar-refractivity contribution is 0.628. The van der Waals surface area contributed by atoms with Crippen molar-refractivity contribution >= 4 is 5.69 Å². The third kappa shape index (κ3) is 1.56. The molecule has 3 nitrogen and oxygen atoms in total. The van der Waals surface area contributed by atoms with Crippen LogP contribution in [-0.4, -0.2) is 9.78 Å². The molecule has 2 N–H and O–H groups in total. The first-order chi connectivity index (χ1) is 7.74. The average molecular weight is 217 g/mol. The van der Waals surface area contributed by atoms with Crippen LogP contribution >= 0.6 is 0 Å². The standard InChI is InChI=1S/C12H12FN3/c13-9-1-4-11(12(14)5-9)8-6-15-16(7-8)10-2-3-10/h1,4-7,10H,2-3,14H2. The summed E-state index contributed by atoms with van der Waals surface area (Å²) in [6.07, 6.45) is 6.14. The fourth-order valence-electron chi connectivity index (χ4n) is 1.81. The Labute approximate surface area is 92.7 Å². The Morgan fingerprint density at radius 2 is 2.19 bits per heavy atom. The zero-order valence-electron chi connectivity index (χ0n) is 8.73. The molecular formula is C12H12FN3. The van der Waals surface area contributed by atoms with Gasteiger partial charge in [0.1, 0.15) is 5.82 Å². The Balaban J connectivity index is 2.00. The molecule has 0 amide bonds. The second-order valence-electron chi connectivity index (χ2n) is 4.17. The predicted molar refractivity (Wildman–Crippen MR) is 60.3 cm³/mol. The summed E-state index contributed by atoms with van der Waals surface area (Å²) in [5.41, 5.74) is 8.02. The Morgan fingerprint density at radius 1 is 1.38 bits per heavy atom. The first-order valence-corrected chi connectivity index (χ1v) is 5.33. The third-order valence-electron chi connectivity index (χ3n) is 2.85. The van der Waals surface area contributed by atoms with E-state index in [-0.39, 0.29) is 5.82 Å². The van der Waals surface area contributed by atoms with Crippen LogP contribution in [0.3, 0.4) is 0 Å². The van der Waals surface area contributed by atoms with Crippen LogP contribution in [0.5, 0.6) is 0 Å². The molecule has 1 saturated carbocycles. The lowest BCUT2D eigenvalue weighted by atomic mass is 10.1. The zero-order chi connectivity index (χ0) is 11.1. The maximum Gasteiger partial charge on any atom is 0.125 e. The molecule has 0 bridgehead atoms. The smallest absolute Gasteiger partial charge is 0.125 e. The van der Waals surface area contributed by atoms with Gasteiger partial charge in [-0.1, -0.05) is 0 Å². The number of rotatable bonds is 2. The van der Waals surface area contributed by atoms with Crippen LogP contribution in [-0.2, 0) is 0 Å². The van der Waals surface area contributed by atoms with Gasteiger partial charge in [-0.3, -0.25) is 4.68 Å². The second-order valence-corrected chi connectivity index (χ2v) is 4.17. The minimum Gasteiger partial charge on any atom is -0.398 e. The molecule has 0 spiro atoms. The predicted octanol–water partition coefficient (Wildman–Crippen LogP) is 2.61. The summed E-state index contributed by atoms with van der Waals surface area (Å²) in [5.74, 6) is -0.309. The normalized spacial score (nSPS) is 15.3. The molecule has 0 atom stereocenters. The maximum absolute atomic E-state index is 12.9. The van der Waals surface area contributed by atoms with Gasteiger partial charge in [-0.25, -0.2) is 4.39 Å². The van der Waals surface area contributed by atoms with E-state index < -0.39 is 0 Å². The summed E-state index contributed by atoms with van der Waals surface area (Å²) in [6, 6.07) is 5.00. The van der Waals surface area contributed by atoms with E-state index in [2.05, 4.69) is 5.10 Å². The van der Waals surface area contributed by atoms with Gasteiger partial charge in [0.2, 0.25) is 0 Å². The summed E-state index contributed by atoms with van der Waals surface area (Å²) in [7, 11) is 0. The molecule has 0 unspecified atom stereocenters. The van der Waals surface area contributed by atoms with Crippen LogP contribution in [0.2, 0.25) is 0 Å². The summed E-state index contributed by atoms with van der Waals surface area (Å²) in [4.78, 5) is 0. The van der Waals surface area contributed by atoms with E-state index in [0.717, 1.165) is 11.1 Å². The molecule has 1 heterocycles. The molecule has 0 saturated heterocycles. The highest BCUT2D eigenvalue weighted by Crippen LogP contribution is 2.35. The van der Waals surface area contributed by atoms with Crippen molar-refractivity contribution < 1.29 is 4.39 Å². The highest BCUT2D eigenvalue weighted by molar-refractivity contribution is 5.75. The molecule has 1 aromatic carbocycles. The number of aromatic nitrogens is 2. The molecule has 2 aromatic rings. The van der Waals surface area contributed by atoms with E-state index in [4.69, 9.17) is 5.73 Å². The van der Waals surface area contributed by atoms with Gasteiger partial charge in [0, 0.05) is 23.0 Å². The topological polar surface area (TPSA) is 43.8 Å². The van der Waals surface area contributed by atoms with Crippen molar-refractivity contribution in [3.8, 4) is 11.1 Å². The van der Waals surface area contributed by atoms with Gasteiger partial charge in [0.25, 0.3) is 0 Å². The van der Waals surface area contributed by atoms with Crippen molar-refractivity contribution in [1.29, 1.82) is 0 Å². The van der Waals surface area contributed by atoms with Gasteiger partial charge in [-0.2, -0.15) is 5.10 Å². The number of nitrogens with two attached hydrogens (primary N) is 1. The van der Waals surface area contributed by atoms with E-state index in [1.165, 1.54) is 25.0 Å². The number of halogens is 1. The molecule has 0 aliphatic heterocycles. The molecule has 4 heteroatoms. The average Bonchev–Trinajstić information content (AvgIpc) is 2.98. The van der Waals surface area contributed by atoms with Gasteiger partial charge < -0.3 is 5.73 Å². The van der Waals surface area contributed by atoms with Crippen molar-refractivity contribution in [3.63, 3.8) is 0 Å². The van der Waals surface area contributed by atoms with Crippen LogP contribution in [0.15, 0.2) is 30.6 Å². The van der Waals surface area contributed by atoms with Crippen molar-refractivity contribution in [2.24, 2.45) is 0 Å². The van der Waals surface area contributed by atoms with Crippen LogP contribution in [0, 0.1) is 5.82 Å². The molecule has 1 fully saturated rings. The van der Waals surface area contributed by atoms with Gasteiger partial charge in [0.15, 0.2) is 0 Å². The number of hydrogen-bond acceptors (Lipinski definition) is 2. The quantitative estimate of drug-likeness (QED) is 0.786. The molecule has 3 rings (SSSR count). The molecule has 1 aliphatic rings. The van der Waals surface area contributed by atoms with E-state index in [1.807, 2.05) is 10.9 Å². The molecule has 82 valence electrons. The number of nitrogens with zero attached hydrogens (tertiary/aromatic N) is 2. The Kier molecular flexibility index (Phi) is 1.96. The lowest BCUT2D eigenvalue weighted by Gasteiger charge is -2.02. The monoisotopic (exact) mass is 217 g/mol. The van der Waals surface area contributed by atoms with Crippen molar-refractivity contribution in [3.05, 3.63) is 36.4 Å². The highest BCUT2D eigenvalue weighted by Gasteiger charge is 2.24. The number of hydrogen-bond donors (Lipinski definition) is 1. The minimum absolute atomic E-state index is 0.309. The maximum atomic E-state index is 12.9. The summed E-state index contributed by atoms with van der Waals surface area (Å²) in [6.45, 7) is 0. The van der Waals surface area contributed by atoms with Crippen molar-refractivity contribution in [2.45, 2.75) is 18.9 Å². The van der Waals surface area contributed by atoms with Gasteiger partial charge in [-0.15, -0.1) is 0 Å². The molecule has 1 aromatic heterocycles. The zero-order valence-corrected chi connectivity index (χ0v) is 8.73. The Hall–Kier alpha value is -1.84. The number of nitrogen functional groups attached to an aromatic ring is 1. The van der Waals surface area contributed by atoms with Gasteiger partial charge >= 0.3 is 0 Å². The Bertz CT molecular complexity index is 529. The van der Waals surface area contributed by atoms with Gasteiger partial charge in [-0.05, 0) is 31.0 Å². The van der Waals surface area contributed by atoms with Crippen molar-refractivity contribution in [2.75, 3.05) is 5.73 Å². The lowest BCUT2D eigenvalue weighted by Crippen LogP contribution is -1.92. The summed E-state index contributed by atoms with van der Waals surface area (Å²) < 4.78 is 14.9. The van der Waals surface area contributed by atoms with E-state index in [1.54, 1.807) is 12.3 Å². The molecule has 16 heavy (non-hydrogen) atoms. The molecular weight excluding hydrogens is 205 g/mol. The second kappa shape index (κ2) is 3.33. The van der Waals surface area contributed by atoms with Crippen molar-refractivity contribution in [1.82, 2.24) is 9.78 Å². The molecule has 1 aliphatic carbocycles. The summed E-state index contributed by atoms with van der Waals surface area (Å²) in [5, 5.41) is 4.29. The number of anilines is 1. The van der Waals surface area contributed by atoms with E-state index in [0.29, 0.717) is 11.7 Å². The largest absolute Gasteiger partial charge is 0.398 e. The minimum atomic E-state index is -0.309. The fraction of sp³-hybridized carbons (Fsp3) is 0.250. The van der Waals surface area contributed by atoms with Crippen LogP contribution in [0.25, 0.3) is 11.1 Å². The first-order valence-electron chi connectivity index (χ1n) is 5.33.